The second kappa shape index (κ2) is 5.33. The molecule has 0 fully saturated rings. The minimum Gasteiger partial charge on any atom is -0.508 e. The fourth-order valence-electron chi connectivity index (χ4n) is 1.27. The van der Waals surface area contributed by atoms with Crippen molar-refractivity contribution in [3.63, 3.8) is 0 Å². The summed E-state index contributed by atoms with van der Waals surface area (Å²) in [6, 6.07) is 7.50. The third kappa shape index (κ3) is 2.86. The molecular formula is C12H10N2O3S. The predicted molar refractivity (Wildman–Crippen MR) is 69.2 cm³/mol. The van der Waals surface area contributed by atoms with E-state index in [2.05, 4.69) is 10.5 Å². The van der Waals surface area contributed by atoms with E-state index in [4.69, 9.17) is 0 Å². The van der Waals surface area contributed by atoms with Crippen molar-refractivity contribution in [3.8, 4) is 11.5 Å². The van der Waals surface area contributed by atoms with Crippen molar-refractivity contribution < 1.29 is 15.0 Å². The van der Waals surface area contributed by atoms with E-state index in [1.165, 1.54) is 35.8 Å². The Morgan fingerprint density at radius 3 is 2.89 bits per heavy atom. The van der Waals surface area contributed by atoms with Gasteiger partial charge < -0.3 is 10.2 Å². The van der Waals surface area contributed by atoms with E-state index in [9.17, 15) is 15.0 Å². The van der Waals surface area contributed by atoms with Crippen molar-refractivity contribution in [1.82, 2.24) is 5.43 Å². The molecule has 18 heavy (non-hydrogen) atoms. The predicted octanol–water partition coefficient (Wildman–Crippen LogP) is 1.92. The molecule has 1 aromatic carbocycles. The van der Waals surface area contributed by atoms with Crippen LogP contribution in [0.5, 0.6) is 11.5 Å². The zero-order chi connectivity index (χ0) is 13.0. The van der Waals surface area contributed by atoms with E-state index in [0.717, 1.165) is 0 Å². The van der Waals surface area contributed by atoms with Gasteiger partial charge >= 0.3 is 0 Å². The highest BCUT2D eigenvalue weighted by Gasteiger charge is 2.04. The highest BCUT2D eigenvalue weighted by atomic mass is 32.1. The number of hydrogen-bond donors (Lipinski definition) is 3. The second-order valence-electron chi connectivity index (χ2n) is 3.42. The molecule has 0 unspecified atom stereocenters. The lowest BCUT2D eigenvalue weighted by atomic mass is 10.2. The van der Waals surface area contributed by atoms with Crippen LogP contribution < -0.4 is 5.43 Å². The Labute approximate surface area is 107 Å². The van der Waals surface area contributed by atoms with Crippen molar-refractivity contribution in [3.05, 3.63) is 46.2 Å². The van der Waals surface area contributed by atoms with Crippen LogP contribution in [-0.4, -0.2) is 22.3 Å². The Bertz CT molecular complexity index is 579. The summed E-state index contributed by atoms with van der Waals surface area (Å²) in [5.74, 6) is -0.332. The fourth-order valence-corrected chi connectivity index (χ4v) is 1.88. The minimum atomic E-state index is -0.319. The van der Waals surface area contributed by atoms with Gasteiger partial charge in [-0.15, -0.1) is 11.3 Å². The molecule has 0 bridgehead atoms. The van der Waals surface area contributed by atoms with Gasteiger partial charge in [-0.3, -0.25) is 4.79 Å². The van der Waals surface area contributed by atoms with Crippen LogP contribution in [0, 0.1) is 0 Å². The minimum absolute atomic E-state index is 0.0128. The summed E-state index contributed by atoms with van der Waals surface area (Å²) >= 11 is 1.31. The number of phenolic OH excluding ortho intramolecular Hbond substituents is 2. The first kappa shape index (κ1) is 12.1. The number of carbonyl (C=O) groups is 1. The molecule has 0 aliphatic heterocycles. The number of benzene rings is 1. The van der Waals surface area contributed by atoms with Crippen molar-refractivity contribution in [1.29, 1.82) is 0 Å². The maximum absolute atomic E-state index is 11.5. The van der Waals surface area contributed by atoms with E-state index in [0.29, 0.717) is 10.4 Å². The van der Waals surface area contributed by atoms with E-state index in [-0.39, 0.29) is 17.4 Å². The molecule has 3 N–H and O–H groups in total. The van der Waals surface area contributed by atoms with E-state index in [1.807, 2.05) is 0 Å². The molecule has 0 atom stereocenters. The van der Waals surface area contributed by atoms with Gasteiger partial charge in [0.05, 0.1) is 11.1 Å². The van der Waals surface area contributed by atoms with Crippen LogP contribution in [0.3, 0.4) is 0 Å². The summed E-state index contributed by atoms with van der Waals surface area (Å²) in [6.45, 7) is 0. The summed E-state index contributed by atoms with van der Waals surface area (Å²) in [6.07, 6.45) is 1.26. The number of nitrogens with one attached hydrogen (secondary N) is 1. The Hall–Kier alpha value is -2.34. The summed E-state index contributed by atoms with van der Waals surface area (Å²) < 4.78 is 0. The van der Waals surface area contributed by atoms with Crippen molar-refractivity contribution >= 4 is 23.5 Å². The topological polar surface area (TPSA) is 81.9 Å². The van der Waals surface area contributed by atoms with Crippen molar-refractivity contribution in [2.45, 2.75) is 0 Å². The smallest absolute Gasteiger partial charge is 0.281 e. The molecular weight excluding hydrogens is 252 g/mol. The number of nitrogens with zero attached hydrogens (tertiary/aromatic N) is 1. The average molecular weight is 262 g/mol. The van der Waals surface area contributed by atoms with Crippen LogP contribution in [0.4, 0.5) is 0 Å². The molecule has 1 amide bonds. The average Bonchev–Trinajstić information content (AvgIpc) is 2.87. The van der Waals surface area contributed by atoms with Gasteiger partial charge in [0.1, 0.15) is 11.5 Å². The molecule has 1 aromatic heterocycles. The molecule has 0 spiro atoms. The largest absolute Gasteiger partial charge is 0.508 e. The highest BCUT2D eigenvalue weighted by molar-refractivity contribution is 7.12. The normalized spacial score (nSPS) is 10.7. The van der Waals surface area contributed by atoms with Gasteiger partial charge in [0.2, 0.25) is 0 Å². The van der Waals surface area contributed by atoms with Gasteiger partial charge in [0.25, 0.3) is 5.91 Å². The number of aromatic hydroxyl groups is 2. The van der Waals surface area contributed by atoms with E-state index >= 15 is 0 Å². The van der Waals surface area contributed by atoms with Crippen LogP contribution in [0.2, 0.25) is 0 Å². The third-order valence-electron chi connectivity index (χ3n) is 2.13. The Balaban J connectivity index is 2.03. The summed E-state index contributed by atoms with van der Waals surface area (Å²) in [5, 5.41) is 24.2. The molecule has 0 aliphatic rings. The number of thiophene rings is 1. The van der Waals surface area contributed by atoms with E-state index < -0.39 is 0 Å². The van der Waals surface area contributed by atoms with Gasteiger partial charge in [-0.1, -0.05) is 6.07 Å². The number of hydrogen-bond acceptors (Lipinski definition) is 5. The van der Waals surface area contributed by atoms with Gasteiger partial charge in [-0.05, 0) is 29.6 Å². The Morgan fingerprint density at radius 2 is 2.17 bits per heavy atom. The molecule has 6 heteroatoms. The quantitative estimate of drug-likeness (QED) is 0.449. The first-order valence-corrected chi connectivity index (χ1v) is 5.93. The SMILES string of the molecule is O=C(N/N=C/c1cc(O)ccc1O)c1cccs1. The zero-order valence-corrected chi connectivity index (χ0v) is 10.0. The summed E-state index contributed by atoms with van der Waals surface area (Å²) in [7, 11) is 0. The molecule has 0 saturated carbocycles. The van der Waals surface area contributed by atoms with Crippen LogP contribution >= 0.6 is 11.3 Å². The number of carbonyl (C=O) groups excluding carboxylic acids is 1. The highest BCUT2D eigenvalue weighted by Crippen LogP contribution is 2.19. The zero-order valence-electron chi connectivity index (χ0n) is 9.20. The van der Waals surface area contributed by atoms with Crippen LogP contribution in [0.1, 0.15) is 15.2 Å². The molecule has 92 valence electrons. The molecule has 0 saturated heterocycles. The molecule has 1 heterocycles. The monoisotopic (exact) mass is 262 g/mol. The van der Waals surface area contributed by atoms with Gasteiger partial charge in [-0.25, -0.2) is 5.43 Å². The molecule has 5 nitrogen and oxygen atoms in total. The first-order valence-electron chi connectivity index (χ1n) is 5.06. The van der Waals surface area contributed by atoms with Gasteiger partial charge in [-0.2, -0.15) is 5.10 Å². The standard InChI is InChI=1S/C12H10N2O3S/c15-9-3-4-10(16)8(6-9)7-13-14-12(17)11-2-1-5-18-11/h1-7,15-16H,(H,14,17)/b13-7+. The lowest BCUT2D eigenvalue weighted by molar-refractivity contribution is 0.0959. The number of rotatable bonds is 3. The second-order valence-corrected chi connectivity index (χ2v) is 4.37. The maximum atomic E-state index is 11.5. The Morgan fingerprint density at radius 1 is 1.33 bits per heavy atom. The number of phenols is 2. The third-order valence-corrected chi connectivity index (χ3v) is 2.99. The number of hydrazone groups is 1. The lowest BCUT2D eigenvalue weighted by Gasteiger charge is -1.99. The first-order chi connectivity index (χ1) is 8.66. The van der Waals surface area contributed by atoms with Crippen LogP contribution in [0.15, 0.2) is 40.8 Å². The number of amides is 1. The van der Waals surface area contributed by atoms with Crippen LogP contribution in [0.25, 0.3) is 0 Å². The van der Waals surface area contributed by atoms with Crippen molar-refractivity contribution in [2.75, 3.05) is 0 Å². The van der Waals surface area contributed by atoms with Gasteiger partial charge in [0, 0.05) is 5.56 Å². The molecule has 0 aliphatic carbocycles. The molecule has 2 aromatic rings. The maximum Gasteiger partial charge on any atom is 0.281 e. The molecule has 0 radical (unpaired) electrons. The summed E-state index contributed by atoms with van der Waals surface area (Å²) in [5.41, 5.74) is 2.65. The van der Waals surface area contributed by atoms with Crippen molar-refractivity contribution in [2.24, 2.45) is 5.10 Å². The lowest BCUT2D eigenvalue weighted by Crippen LogP contribution is -2.16. The molecule has 2 rings (SSSR count). The Kier molecular flexibility index (Phi) is 3.59. The van der Waals surface area contributed by atoms with Crippen LogP contribution in [-0.2, 0) is 0 Å². The van der Waals surface area contributed by atoms with Gasteiger partial charge in [0.15, 0.2) is 0 Å². The van der Waals surface area contributed by atoms with E-state index in [1.54, 1.807) is 17.5 Å². The fraction of sp³-hybridized carbons (Fsp3) is 0. The summed E-state index contributed by atoms with van der Waals surface area (Å²) in [4.78, 5) is 12.1.